The molecule has 0 aromatic heterocycles. The van der Waals surface area contributed by atoms with Crippen molar-refractivity contribution >= 4 is 17.7 Å². The number of likely N-dealkylation sites (tertiary alicyclic amines) is 2. The third-order valence-corrected chi connectivity index (χ3v) is 6.94. The Kier molecular flexibility index (Phi) is 8.33. The summed E-state index contributed by atoms with van der Waals surface area (Å²) in [5, 5.41) is 12.2. The zero-order valence-electron chi connectivity index (χ0n) is 19.8. The molecular weight excluding hydrogens is 451 g/mol. The number of aryl methyl sites for hydroxylation is 1. The van der Waals surface area contributed by atoms with E-state index in [1.54, 1.807) is 0 Å². The van der Waals surface area contributed by atoms with Gasteiger partial charge in [0.15, 0.2) is 6.10 Å². The number of carbonyl (C=O) groups excluding carboxylic acids is 1. The molecular formula is C24H34F3N3O4. The fourth-order valence-corrected chi connectivity index (χ4v) is 4.87. The molecule has 2 aliphatic heterocycles. The number of hydrogen-bond acceptors (Lipinski definition) is 5. The topological polar surface area (TPSA) is 82.1 Å². The largest absolute Gasteiger partial charge is 0.481 e. The van der Waals surface area contributed by atoms with Crippen LogP contribution in [0, 0.1) is 6.92 Å². The molecule has 2 fully saturated rings. The Hall–Kier alpha value is -2.49. The zero-order valence-corrected chi connectivity index (χ0v) is 19.8. The molecule has 0 saturated carbocycles. The third-order valence-electron chi connectivity index (χ3n) is 6.94. The molecule has 2 aliphatic rings. The molecule has 190 valence electrons. The third kappa shape index (κ3) is 6.55. The van der Waals surface area contributed by atoms with Crippen LogP contribution in [0.3, 0.4) is 0 Å². The average molecular weight is 486 g/mol. The molecule has 2 heterocycles. The van der Waals surface area contributed by atoms with Gasteiger partial charge >= 0.3 is 18.2 Å². The van der Waals surface area contributed by atoms with Gasteiger partial charge in [-0.1, -0.05) is 12.1 Å². The van der Waals surface area contributed by atoms with Crippen LogP contribution in [0.15, 0.2) is 18.2 Å². The maximum Gasteiger partial charge on any atom is 0.425 e. The Morgan fingerprint density at radius 1 is 1.21 bits per heavy atom. The van der Waals surface area contributed by atoms with Gasteiger partial charge < -0.3 is 20.1 Å². The van der Waals surface area contributed by atoms with E-state index >= 15 is 0 Å². The van der Waals surface area contributed by atoms with E-state index in [4.69, 9.17) is 5.11 Å². The van der Waals surface area contributed by atoms with E-state index in [-0.39, 0.29) is 12.0 Å². The van der Waals surface area contributed by atoms with Crippen molar-refractivity contribution in [3.63, 3.8) is 0 Å². The maximum atomic E-state index is 12.7. The van der Waals surface area contributed by atoms with Crippen LogP contribution in [-0.4, -0.2) is 71.0 Å². The number of benzene rings is 1. The van der Waals surface area contributed by atoms with Crippen LogP contribution in [0.25, 0.3) is 0 Å². The number of carboxylic acid groups (broad SMARTS) is 1. The summed E-state index contributed by atoms with van der Waals surface area (Å²) >= 11 is 0. The number of aliphatic carboxylic acids is 1. The Bertz CT molecular complexity index is 870. The van der Waals surface area contributed by atoms with E-state index in [0.717, 1.165) is 49.7 Å². The minimum Gasteiger partial charge on any atom is -0.481 e. The lowest BCUT2D eigenvalue weighted by Crippen LogP contribution is -2.53. The highest BCUT2D eigenvalue weighted by atomic mass is 19.4. The van der Waals surface area contributed by atoms with Crippen molar-refractivity contribution in [3.05, 3.63) is 29.3 Å². The van der Waals surface area contributed by atoms with E-state index in [9.17, 15) is 22.8 Å². The lowest BCUT2D eigenvalue weighted by molar-refractivity contribution is -0.200. The van der Waals surface area contributed by atoms with Crippen LogP contribution in [0.1, 0.15) is 56.6 Å². The normalized spacial score (nSPS) is 19.3. The van der Waals surface area contributed by atoms with Gasteiger partial charge in [-0.3, -0.25) is 9.69 Å². The second-order valence-corrected chi connectivity index (χ2v) is 9.39. The van der Waals surface area contributed by atoms with Crippen molar-refractivity contribution in [2.24, 2.45) is 0 Å². The summed E-state index contributed by atoms with van der Waals surface area (Å²) in [6.07, 6.45) is -3.55. The maximum absolute atomic E-state index is 12.7. The first-order valence-corrected chi connectivity index (χ1v) is 11.8. The molecule has 0 bridgehead atoms. The lowest BCUT2D eigenvalue weighted by atomic mass is 9.84. The number of nitrogens with one attached hydrogen (secondary N) is 1. The van der Waals surface area contributed by atoms with E-state index in [1.807, 2.05) is 6.92 Å². The lowest BCUT2D eigenvalue weighted by Gasteiger charge is -2.45. The molecule has 1 amide bonds. The number of nitrogens with zero attached hydrogens (tertiary/aromatic N) is 2. The van der Waals surface area contributed by atoms with Crippen molar-refractivity contribution in [3.8, 4) is 0 Å². The number of ether oxygens (including phenoxy) is 1. The molecule has 0 aliphatic carbocycles. The summed E-state index contributed by atoms with van der Waals surface area (Å²) in [7, 11) is 0. The van der Waals surface area contributed by atoms with Crippen molar-refractivity contribution in [1.29, 1.82) is 0 Å². The summed E-state index contributed by atoms with van der Waals surface area (Å²) in [6, 6.07) is 6.21. The van der Waals surface area contributed by atoms with E-state index in [2.05, 4.69) is 33.2 Å². The van der Waals surface area contributed by atoms with Crippen LogP contribution < -0.4 is 5.32 Å². The Labute approximate surface area is 198 Å². The standard InChI is InChI=1S/C24H34F3N3O4/c1-17-6-7-19(20(15-17)28-11-3-5-21(31)32)16-30-12-4-8-23(30)9-13-29(14-10-23)22(33)34-18(2)24(25,26)27/h6-7,15,18,28H,3-5,8-14,16H2,1-2H3,(H,31,32). The van der Waals surface area contributed by atoms with Gasteiger partial charge in [0, 0.05) is 43.8 Å². The van der Waals surface area contributed by atoms with Gasteiger partial charge in [-0.15, -0.1) is 0 Å². The fraction of sp³-hybridized carbons (Fsp3) is 0.667. The number of amides is 1. The monoisotopic (exact) mass is 485 g/mol. The first-order chi connectivity index (χ1) is 16.0. The summed E-state index contributed by atoms with van der Waals surface area (Å²) in [5.41, 5.74) is 3.15. The highest BCUT2D eigenvalue weighted by molar-refractivity contribution is 5.68. The van der Waals surface area contributed by atoms with Crippen LogP contribution in [0.4, 0.5) is 23.7 Å². The van der Waals surface area contributed by atoms with Crippen molar-refractivity contribution in [1.82, 2.24) is 9.80 Å². The molecule has 1 spiro atoms. The summed E-state index contributed by atoms with van der Waals surface area (Å²) in [5.74, 6) is -0.812. The van der Waals surface area contributed by atoms with Gasteiger partial charge in [-0.05, 0) is 69.7 Å². The van der Waals surface area contributed by atoms with Gasteiger partial charge in [0.25, 0.3) is 0 Å². The molecule has 0 radical (unpaired) electrons. The first kappa shape index (κ1) is 26.1. The molecule has 7 nitrogen and oxygen atoms in total. The highest BCUT2D eigenvalue weighted by Gasteiger charge is 2.45. The van der Waals surface area contributed by atoms with Gasteiger partial charge in [-0.25, -0.2) is 4.79 Å². The molecule has 1 atom stereocenters. The number of anilines is 1. The second-order valence-electron chi connectivity index (χ2n) is 9.39. The predicted octanol–water partition coefficient (Wildman–Crippen LogP) is 4.79. The SMILES string of the molecule is Cc1ccc(CN2CCCC23CCN(C(=O)OC(C)C(F)(F)F)CC3)c(NCCCC(=O)O)c1. The van der Waals surface area contributed by atoms with Crippen LogP contribution in [-0.2, 0) is 16.1 Å². The molecule has 2 N–H and O–H groups in total. The molecule has 3 rings (SSSR count). The van der Waals surface area contributed by atoms with Gasteiger partial charge in [0.1, 0.15) is 0 Å². The smallest absolute Gasteiger partial charge is 0.425 e. The molecule has 10 heteroatoms. The van der Waals surface area contributed by atoms with E-state index in [1.165, 1.54) is 4.90 Å². The number of hydrogen-bond donors (Lipinski definition) is 2. The Morgan fingerprint density at radius 2 is 1.91 bits per heavy atom. The number of alkyl halides is 3. The Balaban J connectivity index is 1.61. The number of halogens is 3. The predicted molar refractivity (Wildman–Crippen MR) is 122 cm³/mol. The van der Waals surface area contributed by atoms with Gasteiger partial charge in [0.2, 0.25) is 0 Å². The molecule has 1 aromatic rings. The summed E-state index contributed by atoms with van der Waals surface area (Å²) in [6.45, 7) is 5.80. The molecule has 2 saturated heterocycles. The van der Waals surface area contributed by atoms with Crippen LogP contribution >= 0.6 is 0 Å². The van der Waals surface area contributed by atoms with Crippen molar-refractivity contribution < 1.29 is 32.6 Å². The van der Waals surface area contributed by atoms with Crippen LogP contribution in [0.2, 0.25) is 0 Å². The number of rotatable bonds is 8. The Morgan fingerprint density at radius 3 is 2.56 bits per heavy atom. The molecule has 34 heavy (non-hydrogen) atoms. The summed E-state index contributed by atoms with van der Waals surface area (Å²) < 4.78 is 42.8. The average Bonchev–Trinajstić information content (AvgIpc) is 3.14. The zero-order chi connectivity index (χ0) is 24.9. The fourth-order valence-electron chi connectivity index (χ4n) is 4.87. The second kappa shape index (κ2) is 10.8. The first-order valence-electron chi connectivity index (χ1n) is 11.8. The van der Waals surface area contributed by atoms with Gasteiger partial charge in [-0.2, -0.15) is 13.2 Å². The van der Waals surface area contributed by atoms with E-state index in [0.29, 0.717) is 38.9 Å². The summed E-state index contributed by atoms with van der Waals surface area (Å²) in [4.78, 5) is 26.8. The van der Waals surface area contributed by atoms with Crippen molar-refractivity contribution in [2.45, 2.75) is 76.7 Å². The highest BCUT2D eigenvalue weighted by Crippen LogP contribution is 2.40. The van der Waals surface area contributed by atoms with Crippen molar-refractivity contribution in [2.75, 3.05) is 31.5 Å². The molecule has 1 unspecified atom stereocenters. The van der Waals surface area contributed by atoms with Gasteiger partial charge in [0.05, 0.1) is 0 Å². The number of carboxylic acids is 1. The number of piperidine rings is 1. The molecule has 1 aromatic carbocycles. The van der Waals surface area contributed by atoms with E-state index < -0.39 is 24.3 Å². The quantitative estimate of drug-likeness (QED) is 0.516. The number of carbonyl (C=O) groups is 2. The van der Waals surface area contributed by atoms with Crippen LogP contribution in [0.5, 0.6) is 0 Å². The minimum absolute atomic E-state index is 0.0854. The minimum atomic E-state index is -4.57.